The van der Waals surface area contributed by atoms with Crippen LogP contribution in [0.15, 0.2) is 16.7 Å². The maximum atomic E-state index is 12.2. The number of carbonyl (C=O) groups excluding carboxylic acids is 1. The molecule has 94 valence electrons. The van der Waals surface area contributed by atoms with Crippen LogP contribution in [-0.2, 0) is 0 Å². The third kappa shape index (κ3) is 2.69. The minimum atomic E-state index is 0.0224. The highest BCUT2D eigenvalue weighted by Gasteiger charge is 2.26. The molecule has 0 spiro atoms. The Morgan fingerprint density at radius 1 is 1.65 bits per heavy atom. The second-order valence-electron chi connectivity index (χ2n) is 4.77. The smallest absolute Gasteiger partial charge is 0.289 e. The Hall–Kier alpha value is -1.29. The van der Waals surface area contributed by atoms with Gasteiger partial charge in [0.25, 0.3) is 5.91 Å². The van der Waals surface area contributed by atoms with Gasteiger partial charge in [0.05, 0.1) is 6.26 Å². The Morgan fingerprint density at radius 2 is 2.47 bits per heavy atom. The molecule has 1 aliphatic heterocycles. The number of aryl methyl sites for hydroxylation is 1. The van der Waals surface area contributed by atoms with E-state index in [1.54, 1.807) is 6.26 Å². The predicted octanol–water partition coefficient (Wildman–Crippen LogP) is 1.79. The zero-order valence-electron chi connectivity index (χ0n) is 10.3. The molecular formula is C13H20N2O2. The number of nitrogens with two attached hydrogens (primary N) is 1. The number of rotatable bonds is 3. The number of nitrogens with zero attached hydrogens (tertiary/aromatic N) is 1. The first-order chi connectivity index (χ1) is 8.22. The van der Waals surface area contributed by atoms with Gasteiger partial charge in [0, 0.05) is 18.7 Å². The third-order valence-corrected chi connectivity index (χ3v) is 3.44. The van der Waals surface area contributed by atoms with Crippen LogP contribution in [0, 0.1) is 12.8 Å². The van der Waals surface area contributed by atoms with E-state index in [-0.39, 0.29) is 5.91 Å². The highest BCUT2D eigenvalue weighted by molar-refractivity contribution is 5.92. The van der Waals surface area contributed by atoms with Crippen molar-refractivity contribution >= 4 is 5.91 Å². The van der Waals surface area contributed by atoms with Crippen molar-refractivity contribution in [2.24, 2.45) is 11.7 Å². The van der Waals surface area contributed by atoms with Crippen LogP contribution in [0.3, 0.4) is 0 Å². The summed E-state index contributed by atoms with van der Waals surface area (Å²) in [5.74, 6) is 1.06. The SMILES string of the molecule is Cc1ccoc1C(=O)N1CCCC(CCN)C1. The first kappa shape index (κ1) is 12.2. The maximum Gasteiger partial charge on any atom is 0.289 e. The molecule has 1 fully saturated rings. The molecule has 0 aromatic carbocycles. The molecular weight excluding hydrogens is 216 g/mol. The summed E-state index contributed by atoms with van der Waals surface area (Å²) < 4.78 is 5.26. The fourth-order valence-corrected chi connectivity index (χ4v) is 2.46. The summed E-state index contributed by atoms with van der Waals surface area (Å²) in [6.45, 7) is 4.25. The largest absolute Gasteiger partial charge is 0.459 e. The topological polar surface area (TPSA) is 59.5 Å². The monoisotopic (exact) mass is 236 g/mol. The number of furan rings is 1. The van der Waals surface area contributed by atoms with E-state index >= 15 is 0 Å². The summed E-state index contributed by atoms with van der Waals surface area (Å²) in [5, 5.41) is 0. The lowest BCUT2D eigenvalue weighted by Crippen LogP contribution is -2.40. The molecule has 1 aromatic heterocycles. The number of hydrogen-bond donors (Lipinski definition) is 1. The van der Waals surface area contributed by atoms with Gasteiger partial charge in [-0.2, -0.15) is 0 Å². The fraction of sp³-hybridized carbons (Fsp3) is 0.615. The van der Waals surface area contributed by atoms with Crippen LogP contribution >= 0.6 is 0 Å². The van der Waals surface area contributed by atoms with Gasteiger partial charge in [0.2, 0.25) is 0 Å². The quantitative estimate of drug-likeness (QED) is 0.870. The van der Waals surface area contributed by atoms with E-state index < -0.39 is 0 Å². The van der Waals surface area contributed by atoms with Crippen molar-refractivity contribution in [3.8, 4) is 0 Å². The normalized spacial score (nSPS) is 20.6. The van der Waals surface area contributed by atoms with Crippen LogP contribution in [0.1, 0.15) is 35.4 Å². The predicted molar refractivity (Wildman–Crippen MR) is 65.7 cm³/mol. The van der Waals surface area contributed by atoms with E-state index in [0.29, 0.717) is 18.2 Å². The highest BCUT2D eigenvalue weighted by Crippen LogP contribution is 2.21. The van der Waals surface area contributed by atoms with Crippen LogP contribution in [0.4, 0.5) is 0 Å². The van der Waals surface area contributed by atoms with Gasteiger partial charge in [0.1, 0.15) is 0 Å². The maximum absolute atomic E-state index is 12.2. The standard InChI is InChI=1S/C13H20N2O2/c1-10-5-8-17-12(10)13(16)15-7-2-3-11(9-15)4-6-14/h5,8,11H,2-4,6-7,9,14H2,1H3. The Morgan fingerprint density at radius 3 is 3.12 bits per heavy atom. The summed E-state index contributed by atoms with van der Waals surface area (Å²) in [6, 6.07) is 1.83. The molecule has 1 atom stereocenters. The van der Waals surface area contributed by atoms with Crippen molar-refractivity contribution in [2.45, 2.75) is 26.2 Å². The Labute approximate surface area is 102 Å². The highest BCUT2D eigenvalue weighted by atomic mass is 16.3. The summed E-state index contributed by atoms with van der Waals surface area (Å²) in [4.78, 5) is 14.1. The number of hydrogen-bond acceptors (Lipinski definition) is 3. The van der Waals surface area contributed by atoms with E-state index in [4.69, 9.17) is 10.2 Å². The van der Waals surface area contributed by atoms with E-state index in [9.17, 15) is 4.79 Å². The van der Waals surface area contributed by atoms with Crippen LogP contribution in [-0.4, -0.2) is 30.4 Å². The minimum Gasteiger partial charge on any atom is -0.459 e. The van der Waals surface area contributed by atoms with Crippen molar-refractivity contribution in [1.82, 2.24) is 4.90 Å². The molecule has 2 heterocycles. The Balaban J connectivity index is 2.02. The van der Waals surface area contributed by atoms with Gasteiger partial charge >= 0.3 is 0 Å². The van der Waals surface area contributed by atoms with E-state index in [0.717, 1.165) is 31.5 Å². The fourth-order valence-electron chi connectivity index (χ4n) is 2.46. The molecule has 2 rings (SSSR count). The zero-order valence-corrected chi connectivity index (χ0v) is 10.3. The van der Waals surface area contributed by atoms with Crippen molar-refractivity contribution < 1.29 is 9.21 Å². The summed E-state index contributed by atoms with van der Waals surface area (Å²) in [5.41, 5.74) is 6.49. The molecule has 1 amide bonds. The van der Waals surface area contributed by atoms with Gasteiger partial charge in [-0.05, 0) is 44.7 Å². The van der Waals surface area contributed by atoms with Crippen molar-refractivity contribution in [1.29, 1.82) is 0 Å². The Bertz CT molecular complexity index is 385. The van der Waals surface area contributed by atoms with Gasteiger partial charge < -0.3 is 15.1 Å². The molecule has 0 aliphatic carbocycles. The second kappa shape index (κ2) is 5.36. The first-order valence-corrected chi connectivity index (χ1v) is 6.26. The first-order valence-electron chi connectivity index (χ1n) is 6.26. The van der Waals surface area contributed by atoms with Crippen LogP contribution < -0.4 is 5.73 Å². The number of piperidine rings is 1. The van der Waals surface area contributed by atoms with Gasteiger partial charge in [0.15, 0.2) is 5.76 Å². The molecule has 0 bridgehead atoms. The molecule has 1 unspecified atom stereocenters. The van der Waals surface area contributed by atoms with Crippen molar-refractivity contribution in [2.75, 3.05) is 19.6 Å². The van der Waals surface area contributed by atoms with Crippen molar-refractivity contribution in [3.05, 3.63) is 23.7 Å². The number of carbonyl (C=O) groups is 1. The zero-order chi connectivity index (χ0) is 12.3. The van der Waals surface area contributed by atoms with Crippen LogP contribution in [0.25, 0.3) is 0 Å². The summed E-state index contributed by atoms with van der Waals surface area (Å²) >= 11 is 0. The van der Waals surface area contributed by atoms with Gasteiger partial charge in [-0.3, -0.25) is 4.79 Å². The molecule has 2 N–H and O–H groups in total. The summed E-state index contributed by atoms with van der Waals surface area (Å²) in [7, 11) is 0. The van der Waals surface area contributed by atoms with Gasteiger partial charge in [-0.25, -0.2) is 0 Å². The lowest BCUT2D eigenvalue weighted by molar-refractivity contribution is 0.0636. The van der Waals surface area contributed by atoms with Crippen LogP contribution in [0.5, 0.6) is 0 Å². The number of amides is 1. The third-order valence-electron chi connectivity index (χ3n) is 3.44. The molecule has 0 saturated carbocycles. The van der Waals surface area contributed by atoms with Gasteiger partial charge in [-0.15, -0.1) is 0 Å². The second-order valence-corrected chi connectivity index (χ2v) is 4.77. The lowest BCUT2D eigenvalue weighted by atomic mass is 9.94. The Kier molecular flexibility index (Phi) is 3.84. The van der Waals surface area contributed by atoms with E-state index in [2.05, 4.69) is 0 Å². The molecule has 1 aliphatic rings. The lowest BCUT2D eigenvalue weighted by Gasteiger charge is -2.32. The molecule has 4 nitrogen and oxygen atoms in total. The van der Waals surface area contributed by atoms with Gasteiger partial charge in [-0.1, -0.05) is 0 Å². The average molecular weight is 236 g/mol. The molecule has 17 heavy (non-hydrogen) atoms. The number of likely N-dealkylation sites (tertiary alicyclic amines) is 1. The molecule has 0 radical (unpaired) electrons. The summed E-state index contributed by atoms with van der Waals surface area (Å²) in [6.07, 6.45) is 4.82. The molecule has 4 heteroatoms. The molecule has 1 aromatic rings. The minimum absolute atomic E-state index is 0.0224. The molecule has 1 saturated heterocycles. The van der Waals surface area contributed by atoms with E-state index in [1.807, 2.05) is 17.9 Å². The van der Waals surface area contributed by atoms with Crippen molar-refractivity contribution in [3.63, 3.8) is 0 Å². The average Bonchev–Trinajstić information content (AvgIpc) is 2.75. The van der Waals surface area contributed by atoms with Crippen LogP contribution in [0.2, 0.25) is 0 Å². The van der Waals surface area contributed by atoms with E-state index in [1.165, 1.54) is 6.42 Å².